The molecule has 2 aliphatic rings. The predicted molar refractivity (Wildman–Crippen MR) is 178 cm³/mol. The van der Waals surface area contributed by atoms with Gasteiger partial charge in [-0.05, 0) is 97.5 Å². The molecule has 1 aliphatic heterocycles. The Hall–Kier alpha value is -4.53. The third kappa shape index (κ3) is 9.05. The standard InChI is InChI=1S/C38H41F3N2O4/c1-25-8-7-9-26(24-25)14-23-31-10-3-4-11-32(38(39,40)41)35(47-31)37(45)42-30-21-19-28(20-22-30)27-15-17-29(18-16-27)36(44)43-33-12-5-6-13-34(33)46-2/h5-6,10,12-13,15-22,25-26H,3-4,7-9,11,14,23-24H2,1-2H3,(H,42,45)(H,43,44). The number of carbonyl (C=O) groups is 2. The summed E-state index contributed by atoms with van der Waals surface area (Å²) in [6, 6.07) is 20.9. The van der Waals surface area contributed by atoms with E-state index in [0.29, 0.717) is 53.1 Å². The van der Waals surface area contributed by atoms with Gasteiger partial charge >= 0.3 is 6.18 Å². The van der Waals surface area contributed by atoms with Gasteiger partial charge in [0.2, 0.25) is 0 Å². The minimum Gasteiger partial charge on any atom is -0.495 e. The molecule has 3 aromatic carbocycles. The van der Waals surface area contributed by atoms with E-state index in [4.69, 9.17) is 9.47 Å². The molecule has 5 rings (SSSR count). The number of alkyl halides is 3. The summed E-state index contributed by atoms with van der Waals surface area (Å²) in [5.41, 5.74) is 2.05. The highest BCUT2D eigenvalue weighted by molar-refractivity contribution is 6.05. The van der Waals surface area contributed by atoms with Crippen LogP contribution in [-0.4, -0.2) is 25.1 Å². The van der Waals surface area contributed by atoms with Crippen molar-refractivity contribution in [2.24, 2.45) is 11.8 Å². The van der Waals surface area contributed by atoms with Crippen LogP contribution in [-0.2, 0) is 9.53 Å². The second-order valence-corrected chi connectivity index (χ2v) is 12.4. The van der Waals surface area contributed by atoms with Gasteiger partial charge in [0.1, 0.15) is 11.5 Å². The van der Waals surface area contributed by atoms with Crippen LogP contribution in [0.2, 0.25) is 0 Å². The first-order valence-corrected chi connectivity index (χ1v) is 16.2. The zero-order chi connectivity index (χ0) is 33.4. The Morgan fingerprint density at radius 2 is 1.60 bits per heavy atom. The second kappa shape index (κ2) is 15.4. The molecule has 1 fully saturated rings. The first-order valence-electron chi connectivity index (χ1n) is 16.2. The van der Waals surface area contributed by atoms with Gasteiger partial charge in [0.25, 0.3) is 11.8 Å². The van der Waals surface area contributed by atoms with E-state index in [2.05, 4.69) is 17.6 Å². The molecule has 0 bridgehead atoms. The quantitative estimate of drug-likeness (QED) is 0.243. The minimum atomic E-state index is -4.69. The van der Waals surface area contributed by atoms with Crippen LogP contribution in [0.5, 0.6) is 5.75 Å². The van der Waals surface area contributed by atoms with Gasteiger partial charge in [0, 0.05) is 17.7 Å². The highest BCUT2D eigenvalue weighted by atomic mass is 19.4. The molecule has 0 saturated heterocycles. The van der Waals surface area contributed by atoms with Crippen LogP contribution < -0.4 is 15.4 Å². The van der Waals surface area contributed by atoms with E-state index in [1.807, 2.05) is 12.1 Å². The molecule has 2 amide bonds. The number of ether oxygens (including phenoxy) is 2. The molecule has 248 valence electrons. The summed E-state index contributed by atoms with van der Waals surface area (Å²) in [5.74, 6) is 0.275. The van der Waals surface area contributed by atoms with Gasteiger partial charge in [-0.25, -0.2) is 0 Å². The Kier molecular flexibility index (Phi) is 11.1. The van der Waals surface area contributed by atoms with E-state index in [0.717, 1.165) is 30.4 Å². The molecule has 6 nitrogen and oxygen atoms in total. The van der Waals surface area contributed by atoms with E-state index < -0.39 is 23.4 Å². The Bertz CT molecular complexity index is 1610. The predicted octanol–water partition coefficient (Wildman–Crippen LogP) is 10.1. The molecule has 2 N–H and O–H groups in total. The third-order valence-electron chi connectivity index (χ3n) is 8.88. The first kappa shape index (κ1) is 33.8. The molecule has 3 aromatic rings. The van der Waals surface area contributed by atoms with Crippen LogP contribution in [0.3, 0.4) is 0 Å². The number of hydrogen-bond acceptors (Lipinski definition) is 4. The van der Waals surface area contributed by atoms with E-state index in [1.165, 1.54) is 20.0 Å². The molecule has 0 spiro atoms. The van der Waals surface area contributed by atoms with Crippen molar-refractivity contribution in [1.82, 2.24) is 0 Å². The number of nitrogens with one attached hydrogen (secondary N) is 2. The summed E-state index contributed by atoms with van der Waals surface area (Å²) >= 11 is 0. The number of allylic oxidation sites excluding steroid dienone is 3. The van der Waals surface area contributed by atoms with Gasteiger partial charge < -0.3 is 20.1 Å². The molecular weight excluding hydrogens is 605 g/mol. The molecule has 47 heavy (non-hydrogen) atoms. The maximum absolute atomic E-state index is 14.1. The maximum Gasteiger partial charge on any atom is 0.416 e. The number of para-hydroxylation sites is 2. The maximum atomic E-state index is 14.1. The van der Waals surface area contributed by atoms with Crippen LogP contribution in [0, 0.1) is 11.8 Å². The van der Waals surface area contributed by atoms with Gasteiger partial charge in [-0.15, -0.1) is 0 Å². The smallest absolute Gasteiger partial charge is 0.416 e. The SMILES string of the molecule is COc1ccccc1NC(=O)c1ccc(-c2ccc(NC(=O)C3=C(C(F)(F)F)CCCC=C(CCC4CCCC(C)C4)O3)cc2)cc1. The second-order valence-electron chi connectivity index (χ2n) is 12.4. The number of rotatable bonds is 9. The highest BCUT2D eigenvalue weighted by Crippen LogP contribution is 2.37. The Morgan fingerprint density at radius 3 is 2.28 bits per heavy atom. The number of halogens is 3. The van der Waals surface area contributed by atoms with Gasteiger partial charge in [-0.2, -0.15) is 13.2 Å². The van der Waals surface area contributed by atoms with E-state index in [9.17, 15) is 22.8 Å². The zero-order valence-electron chi connectivity index (χ0n) is 26.8. The summed E-state index contributed by atoms with van der Waals surface area (Å²) in [6.45, 7) is 2.24. The van der Waals surface area contributed by atoms with E-state index in [-0.39, 0.29) is 18.7 Å². The molecular formula is C38H41F3N2O4. The van der Waals surface area contributed by atoms with Crippen molar-refractivity contribution in [2.75, 3.05) is 17.7 Å². The van der Waals surface area contributed by atoms with Crippen molar-refractivity contribution < 1.29 is 32.2 Å². The van der Waals surface area contributed by atoms with Gasteiger partial charge in [0.15, 0.2) is 5.76 Å². The fourth-order valence-corrected chi connectivity index (χ4v) is 6.36. The Labute approximate surface area is 274 Å². The van der Waals surface area contributed by atoms with Crippen molar-refractivity contribution in [1.29, 1.82) is 0 Å². The van der Waals surface area contributed by atoms with Crippen molar-refractivity contribution in [3.8, 4) is 16.9 Å². The lowest BCUT2D eigenvalue weighted by molar-refractivity contribution is -0.119. The summed E-state index contributed by atoms with van der Waals surface area (Å²) in [6.07, 6.45) is 3.59. The summed E-state index contributed by atoms with van der Waals surface area (Å²) in [5, 5.41) is 5.46. The van der Waals surface area contributed by atoms with Crippen LogP contribution >= 0.6 is 0 Å². The molecule has 0 aromatic heterocycles. The molecule has 0 radical (unpaired) electrons. The lowest BCUT2D eigenvalue weighted by atomic mass is 9.80. The topological polar surface area (TPSA) is 76.7 Å². The molecule has 1 aliphatic carbocycles. The van der Waals surface area contributed by atoms with E-state index in [1.54, 1.807) is 66.7 Å². The average molecular weight is 647 g/mol. The van der Waals surface area contributed by atoms with Crippen molar-refractivity contribution in [3.05, 3.63) is 102 Å². The lowest BCUT2D eigenvalue weighted by Crippen LogP contribution is -2.25. The monoisotopic (exact) mass is 646 g/mol. The summed E-state index contributed by atoms with van der Waals surface area (Å²) < 4.78 is 53.6. The fraction of sp³-hybridized carbons (Fsp3) is 0.368. The Morgan fingerprint density at radius 1 is 0.894 bits per heavy atom. The number of methoxy groups -OCH3 is 1. The largest absolute Gasteiger partial charge is 0.495 e. The van der Waals surface area contributed by atoms with E-state index >= 15 is 0 Å². The van der Waals surface area contributed by atoms with Gasteiger partial charge in [-0.3, -0.25) is 9.59 Å². The van der Waals surface area contributed by atoms with Crippen molar-refractivity contribution >= 4 is 23.2 Å². The zero-order valence-corrected chi connectivity index (χ0v) is 26.8. The summed E-state index contributed by atoms with van der Waals surface area (Å²) in [4.78, 5) is 26.1. The highest BCUT2D eigenvalue weighted by Gasteiger charge is 2.40. The molecule has 1 saturated carbocycles. The Balaban J connectivity index is 1.25. The number of benzene rings is 3. The normalized spacial score (nSPS) is 18.7. The van der Waals surface area contributed by atoms with Crippen molar-refractivity contribution in [2.45, 2.75) is 70.9 Å². The van der Waals surface area contributed by atoms with Gasteiger partial charge in [0.05, 0.1) is 18.4 Å². The first-order chi connectivity index (χ1) is 22.6. The number of carbonyl (C=O) groups excluding carboxylic acids is 2. The van der Waals surface area contributed by atoms with Gasteiger partial charge in [-0.1, -0.05) is 62.6 Å². The number of amides is 2. The molecule has 2 atom stereocenters. The average Bonchev–Trinajstić information content (AvgIpc) is 3.04. The lowest BCUT2D eigenvalue weighted by Gasteiger charge is -2.27. The molecule has 9 heteroatoms. The summed E-state index contributed by atoms with van der Waals surface area (Å²) in [7, 11) is 1.53. The molecule has 2 unspecified atom stereocenters. The van der Waals surface area contributed by atoms with Crippen LogP contribution in [0.4, 0.5) is 24.5 Å². The van der Waals surface area contributed by atoms with Crippen LogP contribution in [0.15, 0.2) is 96.0 Å². The third-order valence-corrected chi connectivity index (χ3v) is 8.88. The molecule has 1 heterocycles. The van der Waals surface area contributed by atoms with Crippen LogP contribution in [0.25, 0.3) is 11.1 Å². The number of hydrogen-bond donors (Lipinski definition) is 2. The number of anilines is 2. The van der Waals surface area contributed by atoms with Crippen LogP contribution in [0.1, 0.15) is 75.1 Å². The van der Waals surface area contributed by atoms with Crippen molar-refractivity contribution in [3.63, 3.8) is 0 Å². The minimum absolute atomic E-state index is 0.286. The fourth-order valence-electron chi connectivity index (χ4n) is 6.36.